The van der Waals surface area contributed by atoms with E-state index in [0.717, 1.165) is 15.6 Å². The summed E-state index contributed by atoms with van der Waals surface area (Å²) >= 11 is 9.55. The third-order valence-corrected chi connectivity index (χ3v) is 4.58. The van der Waals surface area contributed by atoms with E-state index in [-0.39, 0.29) is 6.04 Å². The molecule has 0 aliphatic carbocycles. The molecular formula is C15H12BrClN2O2. The van der Waals surface area contributed by atoms with Crippen LogP contribution >= 0.6 is 27.5 Å². The molecule has 3 aromatic rings. The Morgan fingerprint density at radius 1 is 1.24 bits per heavy atom. The summed E-state index contributed by atoms with van der Waals surface area (Å²) in [5, 5.41) is 3.90. The molecule has 1 unspecified atom stereocenters. The van der Waals surface area contributed by atoms with Crippen LogP contribution in [0.5, 0.6) is 0 Å². The Hall–Kier alpha value is -1.56. The molecule has 108 valence electrons. The number of fused-ring (bicyclic) bond motifs is 1. The fraction of sp³-hybridized carbons (Fsp3) is 0.133. The van der Waals surface area contributed by atoms with E-state index >= 15 is 0 Å². The zero-order valence-electron chi connectivity index (χ0n) is 11.1. The molecule has 0 fully saturated rings. The second-order valence-corrected chi connectivity index (χ2v) is 5.93. The average Bonchev–Trinajstić information content (AvgIpc) is 2.83. The van der Waals surface area contributed by atoms with Crippen LogP contribution in [0.15, 0.2) is 50.1 Å². The first-order valence-electron chi connectivity index (χ1n) is 6.33. The van der Waals surface area contributed by atoms with Crippen molar-refractivity contribution in [3.63, 3.8) is 0 Å². The van der Waals surface area contributed by atoms with Gasteiger partial charge < -0.3 is 9.73 Å². The van der Waals surface area contributed by atoms with Gasteiger partial charge in [0.1, 0.15) is 0 Å². The van der Waals surface area contributed by atoms with Crippen LogP contribution in [0.25, 0.3) is 11.1 Å². The molecule has 0 radical (unpaired) electrons. The van der Waals surface area contributed by atoms with E-state index in [1.54, 1.807) is 0 Å². The topological polar surface area (TPSA) is 58.0 Å². The molecule has 1 atom stereocenters. The Kier molecular flexibility index (Phi) is 3.89. The molecule has 2 N–H and O–H groups in total. The lowest BCUT2D eigenvalue weighted by molar-refractivity contribution is 0.554. The molecule has 2 aromatic carbocycles. The summed E-state index contributed by atoms with van der Waals surface area (Å²) in [6.07, 6.45) is 0. The fourth-order valence-electron chi connectivity index (χ4n) is 2.36. The predicted octanol–water partition coefficient (Wildman–Crippen LogP) is 3.85. The van der Waals surface area contributed by atoms with Crippen LogP contribution in [-0.4, -0.2) is 12.0 Å². The van der Waals surface area contributed by atoms with Crippen LogP contribution in [0, 0.1) is 0 Å². The number of halogens is 2. The Morgan fingerprint density at radius 3 is 2.67 bits per heavy atom. The van der Waals surface area contributed by atoms with Crippen molar-refractivity contribution in [2.45, 2.75) is 6.04 Å². The van der Waals surface area contributed by atoms with Crippen molar-refractivity contribution in [1.82, 2.24) is 10.3 Å². The van der Waals surface area contributed by atoms with Gasteiger partial charge in [0.15, 0.2) is 5.58 Å². The number of aromatic amines is 1. The van der Waals surface area contributed by atoms with Gasteiger partial charge in [0, 0.05) is 4.47 Å². The van der Waals surface area contributed by atoms with Gasteiger partial charge in [0.25, 0.3) is 0 Å². The number of hydrogen-bond acceptors (Lipinski definition) is 3. The van der Waals surface area contributed by atoms with E-state index < -0.39 is 5.76 Å². The van der Waals surface area contributed by atoms with Crippen molar-refractivity contribution in [2.24, 2.45) is 0 Å². The van der Waals surface area contributed by atoms with E-state index in [0.29, 0.717) is 16.1 Å². The highest BCUT2D eigenvalue weighted by Crippen LogP contribution is 2.29. The van der Waals surface area contributed by atoms with Crippen LogP contribution in [0.2, 0.25) is 5.02 Å². The Labute approximate surface area is 134 Å². The van der Waals surface area contributed by atoms with E-state index in [1.165, 1.54) is 0 Å². The van der Waals surface area contributed by atoms with Gasteiger partial charge in [-0.05, 0) is 58.4 Å². The number of nitrogens with one attached hydrogen (secondary N) is 2. The summed E-state index contributed by atoms with van der Waals surface area (Å²) in [4.78, 5) is 13.9. The van der Waals surface area contributed by atoms with Crippen LogP contribution in [0.3, 0.4) is 0 Å². The van der Waals surface area contributed by atoms with Crippen molar-refractivity contribution in [2.75, 3.05) is 7.05 Å². The lowest BCUT2D eigenvalue weighted by atomic mass is 9.98. The minimum atomic E-state index is -0.449. The lowest BCUT2D eigenvalue weighted by Gasteiger charge is -2.17. The number of rotatable bonds is 3. The van der Waals surface area contributed by atoms with E-state index in [2.05, 4.69) is 26.2 Å². The van der Waals surface area contributed by atoms with Crippen LogP contribution in [0.4, 0.5) is 0 Å². The summed E-state index contributed by atoms with van der Waals surface area (Å²) in [7, 11) is 1.87. The van der Waals surface area contributed by atoms with Gasteiger partial charge in [-0.25, -0.2) is 4.79 Å². The van der Waals surface area contributed by atoms with Gasteiger partial charge in [0.05, 0.1) is 16.6 Å². The molecule has 0 spiro atoms. The molecule has 4 nitrogen and oxygen atoms in total. The number of aromatic nitrogens is 1. The maximum atomic E-state index is 11.2. The quantitative estimate of drug-likeness (QED) is 0.739. The molecule has 0 aliphatic heterocycles. The molecule has 0 aliphatic rings. The zero-order valence-corrected chi connectivity index (χ0v) is 13.5. The van der Waals surface area contributed by atoms with Crippen molar-refractivity contribution in [3.8, 4) is 0 Å². The van der Waals surface area contributed by atoms with Gasteiger partial charge in [-0.2, -0.15) is 0 Å². The summed E-state index contributed by atoms with van der Waals surface area (Å²) in [5.74, 6) is -0.449. The highest BCUT2D eigenvalue weighted by molar-refractivity contribution is 9.10. The van der Waals surface area contributed by atoms with Gasteiger partial charge >= 0.3 is 5.76 Å². The van der Waals surface area contributed by atoms with Crippen molar-refractivity contribution >= 4 is 38.6 Å². The van der Waals surface area contributed by atoms with E-state index in [4.69, 9.17) is 16.0 Å². The van der Waals surface area contributed by atoms with Gasteiger partial charge in [-0.15, -0.1) is 0 Å². The first-order valence-corrected chi connectivity index (χ1v) is 7.50. The average molecular weight is 368 g/mol. The third kappa shape index (κ3) is 2.77. The summed E-state index contributed by atoms with van der Waals surface area (Å²) in [6, 6.07) is 11.4. The Balaban J connectivity index is 2.08. The predicted molar refractivity (Wildman–Crippen MR) is 86.9 cm³/mol. The van der Waals surface area contributed by atoms with E-state index in [9.17, 15) is 4.79 Å². The van der Waals surface area contributed by atoms with Gasteiger partial charge in [-0.1, -0.05) is 23.7 Å². The van der Waals surface area contributed by atoms with Gasteiger partial charge in [0.2, 0.25) is 0 Å². The van der Waals surface area contributed by atoms with Crippen LogP contribution in [0.1, 0.15) is 17.2 Å². The molecule has 0 bridgehead atoms. The zero-order chi connectivity index (χ0) is 15.0. The van der Waals surface area contributed by atoms with Crippen LogP contribution in [-0.2, 0) is 0 Å². The fourth-order valence-corrected chi connectivity index (χ4v) is 2.79. The summed E-state index contributed by atoms with van der Waals surface area (Å²) in [5.41, 5.74) is 3.25. The number of benzene rings is 2. The van der Waals surface area contributed by atoms with Crippen molar-refractivity contribution < 1.29 is 4.42 Å². The number of oxazole rings is 1. The smallest absolute Gasteiger partial charge is 0.408 e. The first kappa shape index (κ1) is 14.4. The molecule has 3 rings (SSSR count). The lowest BCUT2D eigenvalue weighted by Crippen LogP contribution is -2.17. The monoisotopic (exact) mass is 366 g/mol. The van der Waals surface area contributed by atoms with E-state index in [1.807, 2.05) is 43.4 Å². The Morgan fingerprint density at radius 2 is 1.95 bits per heavy atom. The van der Waals surface area contributed by atoms with Crippen molar-refractivity contribution in [3.05, 3.63) is 67.6 Å². The SMILES string of the molecule is CNC(c1ccc(Br)c(Cl)c1)c1ccc2[nH]c(=O)oc2c1. The summed E-state index contributed by atoms with van der Waals surface area (Å²) in [6.45, 7) is 0. The molecule has 21 heavy (non-hydrogen) atoms. The molecular weight excluding hydrogens is 356 g/mol. The molecule has 0 saturated heterocycles. The third-order valence-electron chi connectivity index (χ3n) is 3.34. The maximum absolute atomic E-state index is 11.2. The molecule has 1 heterocycles. The second kappa shape index (κ2) is 5.67. The van der Waals surface area contributed by atoms with Crippen molar-refractivity contribution in [1.29, 1.82) is 0 Å². The Bertz CT molecular complexity index is 856. The highest BCUT2D eigenvalue weighted by atomic mass is 79.9. The number of hydrogen-bond donors (Lipinski definition) is 2. The minimum Gasteiger partial charge on any atom is -0.408 e. The largest absolute Gasteiger partial charge is 0.417 e. The molecule has 6 heteroatoms. The maximum Gasteiger partial charge on any atom is 0.417 e. The second-order valence-electron chi connectivity index (χ2n) is 4.67. The van der Waals surface area contributed by atoms with Crippen LogP contribution < -0.4 is 11.1 Å². The van der Waals surface area contributed by atoms with Gasteiger partial charge in [-0.3, -0.25) is 4.98 Å². The molecule has 0 saturated carbocycles. The minimum absolute atomic E-state index is 0.0415. The first-order chi connectivity index (χ1) is 10.1. The standard InChI is InChI=1S/C15H12BrClN2O2/c1-18-14(8-2-4-10(16)11(17)6-8)9-3-5-12-13(7-9)21-15(20)19-12/h2-7,14,18H,1H3,(H,19,20). The normalized spacial score (nSPS) is 12.7. The summed E-state index contributed by atoms with van der Waals surface area (Å²) < 4.78 is 5.97. The number of H-pyrrole nitrogens is 1. The molecule has 0 amide bonds. The molecule has 1 aromatic heterocycles. The highest BCUT2D eigenvalue weighted by Gasteiger charge is 2.15.